The Morgan fingerprint density at radius 3 is 2.23 bits per heavy atom. The van der Waals surface area contributed by atoms with Crippen LogP contribution in [-0.4, -0.2) is 42.0 Å². The van der Waals surface area contributed by atoms with Crippen molar-refractivity contribution in [3.8, 4) is 11.5 Å². The molecule has 0 radical (unpaired) electrons. The molecule has 0 aliphatic heterocycles. The van der Waals surface area contributed by atoms with E-state index in [2.05, 4.69) is 5.32 Å². The Kier molecular flexibility index (Phi) is 12.2. The molecule has 0 saturated carbocycles. The number of benzene rings is 3. The molecule has 6 nitrogen and oxygen atoms in total. The first kappa shape index (κ1) is 31.3. The number of ether oxygens (including phenoxy) is 2. The first-order valence-electron chi connectivity index (χ1n) is 13.7. The third kappa shape index (κ3) is 9.17. The van der Waals surface area contributed by atoms with Gasteiger partial charge in [-0.05, 0) is 75.1 Å². The van der Waals surface area contributed by atoms with Crippen LogP contribution in [0.4, 0.5) is 0 Å². The van der Waals surface area contributed by atoms with Crippen molar-refractivity contribution < 1.29 is 19.1 Å². The average Bonchev–Trinajstić information content (AvgIpc) is 2.92. The molecule has 3 rings (SSSR count). The van der Waals surface area contributed by atoms with E-state index in [1.807, 2.05) is 76.2 Å². The average molecular weight is 586 g/mol. The number of hydrogen-bond donors (Lipinski definition) is 1. The van der Waals surface area contributed by atoms with Crippen LogP contribution in [-0.2, 0) is 29.0 Å². The number of amides is 2. The summed E-state index contributed by atoms with van der Waals surface area (Å²) in [5.74, 6) is 0.957. The highest BCUT2D eigenvalue weighted by atomic mass is 35.5. The van der Waals surface area contributed by atoms with Crippen molar-refractivity contribution in [2.75, 3.05) is 13.2 Å². The molecule has 0 spiro atoms. The van der Waals surface area contributed by atoms with Gasteiger partial charge in [-0.2, -0.15) is 0 Å². The SMILES string of the molecule is CCOc1ccc(CCC(=O)N(Cc2ccc(Cl)cc2Cl)[C@H](Cc2ccccc2)C(=O)NC(C)C)cc1OCC. The molecule has 3 aromatic rings. The normalized spacial score (nSPS) is 11.7. The maximum absolute atomic E-state index is 13.9. The van der Waals surface area contributed by atoms with Gasteiger partial charge >= 0.3 is 0 Å². The summed E-state index contributed by atoms with van der Waals surface area (Å²) in [7, 11) is 0. The Morgan fingerprint density at radius 1 is 0.875 bits per heavy atom. The molecule has 0 saturated heterocycles. The van der Waals surface area contributed by atoms with Gasteiger partial charge < -0.3 is 19.7 Å². The lowest BCUT2D eigenvalue weighted by molar-refractivity contribution is -0.141. The zero-order valence-corrected chi connectivity index (χ0v) is 25.1. The molecular formula is C32H38Cl2N2O4. The van der Waals surface area contributed by atoms with Gasteiger partial charge in [0.1, 0.15) is 6.04 Å². The second kappa shape index (κ2) is 15.5. The van der Waals surface area contributed by atoms with E-state index in [9.17, 15) is 9.59 Å². The summed E-state index contributed by atoms with van der Waals surface area (Å²) in [6, 6.07) is 19.8. The van der Waals surface area contributed by atoms with Crippen molar-refractivity contribution in [3.63, 3.8) is 0 Å². The van der Waals surface area contributed by atoms with Crippen LogP contribution >= 0.6 is 23.2 Å². The standard InChI is InChI=1S/C32H38Cl2N2O4/c1-5-39-29-16-12-24(19-30(29)40-6-2)13-17-31(37)36(21-25-14-15-26(33)20-27(25)34)28(32(38)35-22(3)4)18-23-10-8-7-9-11-23/h7-12,14-16,19-20,22,28H,5-6,13,17-18,21H2,1-4H3,(H,35,38)/t28-/m1/s1. The topological polar surface area (TPSA) is 67.9 Å². The van der Waals surface area contributed by atoms with Crippen molar-refractivity contribution >= 4 is 35.0 Å². The molecule has 0 bridgehead atoms. The predicted molar refractivity (Wildman–Crippen MR) is 161 cm³/mol. The number of hydrogen-bond acceptors (Lipinski definition) is 4. The largest absolute Gasteiger partial charge is 0.490 e. The van der Waals surface area contributed by atoms with E-state index in [0.717, 1.165) is 16.7 Å². The summed E-state index contributed by atoms with van der Waals surface area (Å²) in [6.45, 7) is 8.85. The molecule has 214 valence electrons. The van der Waals surface area contributed by atoms with E-state index in [4.69, 9.17) is 32.7 Å². The van der Waals surface area contributed by atoms with E-state index in [-0.39, 0.29) is 30.8 Å². The second-order valence-electron chi connectivity index (χ2n) is 9.77. The van der Waals surface area contributed by atoms with Crippen LogP contribution < -0.4 is 14.8 Å². The monoisotopic (exact) mass is 584 g/mol. The zero-order chi connectivity index (χ0) is 29.1. The zero-order valence-electron chi connectivity index (χ0n) is 23.6. The smallest absolute Gasteiger partial charge is 0.243 e. The van der Waals surface area contributed by atoms with Gasteiger partial charge in [0.25, 0.3) is 0 Å². The van der Waals surface area contributed by atoms with E-state index in [0.29, 0.717) is 47.6 Å². The first-order chi connectivity index (χ1) is 19.2. The van der Waals surface area contributed by atoms with Crippen molar-refractivity contribution in [1.29, 1.82) is 0 Å². The Hall–Kier alpha value is -3.22. The fourth-order valence-electron chi connectivity index (χ4n) is 4.41. The molecule has 0 fully saturated rings. The number of halogens is 2. The number of aryl methyl sites for hydroxylation is 1. The molecule has 40 heavy (non-hydrogen) atoms. The Labute approximate surface area is 247 Å². The quantitative estimate of drug-likeness (QED) is 0.224. The Balaban J connectivity index is 1.92. The minimum atomic E-state index is -0.733. The predicted octanol–water partition coefficient (Wildman–Crippen LogP) is 6.89. The van der Waals surface area contributed by atoms with Gasteiger partial charge in [-0.15, -0.1) is 0 Å². The summed E-state index contributed by atoms with van der Waals surface area (Å²) >= 11 is 12.6. The maximum Gasteiger partial charge on any atom is 0.243 e. The third-order valence-corrected chi connectivity index (χ3v) is 6.88. The van der Waals surface area contributed by atoms with Gasteiger partial charge in [-0.1, -0.05) is 65.7 Å². The lowest BCUT2D eigenvalue weighted by Crippen LogP contribution is -2.51. The van der Waals surface area contributed by atoms with Gasteiger partial charge in [0.15, 0.2) is 11.5 Å². The molecule has 0 unspecified atom stereocenters. The van der Waals surface area contributed by atoms with E-state index in [1.165, 1.54) is 0 Å². The minimum absolute atomic E-state index is 0.0808. The fourth-order valence-corrected chi connectivity index (χ4v) is 4.88. The highest BCUT2D eigenvalue weighted by Crippen LogP contribution is 2.29. The molecule has 0 heterocycles. The highest BCUT2D eigenvalue weighted by molar-refractivity contribution is 6.35. The van der Waals surface area contributed by atoms with Crippen LogP contribution in [0.5, 0.6) is 11.5 Å². The molecule has 0 aromatic heterocycles. The lowest BCUT2D eigenvalue weighted by Gasteiger charge is -2.32. The van der Waals surface area contributed by atoms with Gasteiger partial charge in [-0.3, -0.25) is 9.59 Å². The van der Waals surface area contributed by atoms with Gasteiger partial charge in [-0.25, -0.2) is 0 Å². The van der Waals surface area contributed by atoms with Crippen LogP contribution in [0.2, 0.25) is 10.0 Å². The second-order valence-corrected chi connectivity index (χ2v) is 10.6. The highest BCUT2D eigenvalue weighted by Gasteiger charge is 2.31. The molecule has 1 N–H and O–H groups in total. The molecule has 0 aliphatic rings. The van der Waals surface area contributed by atoms with Crippen LogP contribution in [0.15, 0.2) is 66.7 Å². The molecule has 3 aromatic carbocycles. The van der Waals surface area contributed by atoms with Gasteiger partial charge in [0, 0.05) is 35.5 Å². The number of nitrogens with zero attached hydrogens (tertiary/aromatic N) is 1. The van der Waals surface area contributed by atoms with Crippen molar-refractivity contribution in [1.82, 2.24) is 10.2 Å². The first-order valence-corrected chi connectivity index (χ1v) is 14.4. The van der Waals surface area contributed by atoms with Crippen LogP contribution in [0.3, 0.4) is 0 Å². The fraction of sp³-hybridized carbons (Fsp3) is 0.375. The number of carbonyl (C=O) groups excluding carboxylic acids is 2. The molecule has 1 atom stereocenters. The summed E-state index contributed by atoms with van der Waals surface area (Å²) in [5, 5.41) is 3.95. The summed E-state index contributed by atoms with van der Waals surface area (Å²) in [6.07, 6.45) is 1.04. The van der Waals surface area contributed by atoms with Crippen molar-refractivity contribution in [2.24, 2.45) is 0 Å². The summed E-state index contributed by atoms with van der Waals surface area (Å²) < 4.78 is 11.4. The van der Waals surface area contributed by atoms with E-state index >= 15 is 0 Å². The van der Waals surface area contributed by atoms with Crippen LogP contribution in [0.25, 0.3) is 0 Å². The van der Waals surface area contributed by atoms with E-state index < -0.39 is 6.04 Å². The van der Waals surface area contributed by atoms with Crippen LogP contribution in [0, 0.1) is 0 Å². The van der Waals surface area contributed by atoms with Crippen molar-refractivity contribution in [2.45, 2.75) is 65.6 Å². The summed E-state index contributed by atoms with van der Waals surface area (Å²) in [4.78, 5) is 29.1. The number of nitrogens with one attached hydrogen (secondary N) is 1. The third-order valence-electron chi connectivity index (χ3n) is 6.29. The van der Waals surface area contributed by atoms with Gasteiger partial charge in [0.05, 0.1) is 13.2 Å². The molecule has 0 aliphatic carbocycles. The molecule has 8 heteroatoms. The lowest BCUT2D eigenvalue weighted by atomic mass is 10.0. The number of carbonyl (C=O) groups is 2. The molecular weight excluding hydrogens is 547 g/mol. The van der Waals surface area contributed by atoms with E-state index in [1.54, 1.807) is 23.1 Å². The van der Waals surface area contributed by atoms with Crippen molar-refractivity contribution in [3.05, 3.63) is 93.5 Å². The Morgan fingerprint density at radius 2 is 1.57 bits per heavy atom. The van der Waals surface area contributed by atoms with Crippen LogP contribution in [0.1, 0.15) is 50.8 Å². The molecule has 2 amide bonds. The maximum atomic E-state index is 13.9. The number of rotatable bonds is 14. The minimum Gasteiger partial charge on any atom is -0.490 e. The van der Waals surface area contributed by atoms with Gasteiger partial charge in [0.2, 0.25) is 11.8 Å². The summed E-state index contributed by atoms with van der Waals surface area (Å²) in [5.41, 5.74) is 2.62. The Bertz CT molecular complexity index is 1270.